The number of hydrogen-bond donors (Lipinski definition) is 1. The van der Waals surface area contributed by atoms with Crippen molar-refractivity contribution in [3.05, 3.63) is 82.4 Å². The van der Waals surface area contributed by atoms with Crippen LogP contribution in [0.2, 0.25) is 5.02 Å². The average Bonchev–Trinajstić information content (AvgIpc) is 2.96. The van der Waals surface area contributed by atoms with Crippen molar-refractivity contribution in [2.24, 2.45) is 5.73 Å². The van der Waals surface area contributed by atoms with Gasteiger partial charge in [-0.05, 0) is 47.9 Å². The lowest BCUT2D eigenvalue weighted by molar-refractivity contribution is 0.100. The highest BCUT2D eigenvalue weighted by Gasteiger charge is 2.16. The monoisotopic (exact) mass is 362 g/mol. The standard InChI is InChI=1S/C22H19ClN2O/c1-2-14-8-11-17-20(12-14)25(13-15-6-9-16(23)10-7-15)19-5-3-4-18(21(17)19)22(24)26/h3-12H,2,13H2,1H3,(H2,24,26). The smallest absolute Gasteiger partial charge is 0.249 e. The average molecular weight is 363 g/mol. The Morgan fingerprint density at radius 1 is 1.00 bits per heavy atom. The van der Waals surface area contributed by atoms with Gasteiger partial charge in [0.25, 0.3) is 0 Å². The van der Waals surface area contributed by atoms with E-state index in [2.05, 4.69) is 29.7 Å². The number of fused-ring (bicyclic) bond motifs is 3. The number of aryl methyl sites for hydroxylation is 1. The van der Waals surface area contributed by atoms with Gasteiger partial charge in [-0.25, -0.2) is 0 Å². The summed E-state index contributed by atoms with van der Waals surface area (Å²) in [5.41, 5.74) is 10.7. The van der Waals surface area contributed by atoms with E-state index in [9.17, 15) is 4.79 Å². The molecule has 1 aromatic heterocycles. The van der Waals surface area contributed by atoms with Crippen LogP contribution in [-0.2, 0) is 13.0 Å². The molecule has 26 heavy (non-hydrogen) atoms. The second-order valence-corrected chi connectivity index (χ2v) is 6.92. The first-order chi connectivity index (χ1) is 12.6. The summed E-state index contributed by atoms with van der Waals surface area (Å²) in [6.07, 6.45) is 0.959. The third-order valence-electron chi connectivity index (χ3n) is 4.88. The van der Waals surface area contributed by atoms with Crippen LogP contribution < -0.4 is 5.73 Å². The summed E-state index contributed by atoms with van der Waals surface area (Å²) in [6.45, 7) is 2.84. The molecule has 3 aromatic carbocycles. The Hall–Kier alpha value is -2.78. The van der Waals surface area contributed by atoms with Crippen LogP contribution in [0.3, 0.4) is 0 Å². The maximum Gasteiger partial charge on any atom is 0.249 e. The van der Waals surface area contributed by atoms with Crippen molar-refractivity contribution in [1.29, 1.82) is 0 Å². The van der Waals surface area contributed by atoms with Crippen LogP contribution in [0.5, 0.6) is 0 Å². The van der Waals surface area contributed by atoms with Crippen molar-refractivity contribution >= 4 is 39.3 Å². The predicted molar refractivity (Wildman–Crippen MR) is 108 cm³/mol. The molecule has 1 heterocycles. The molecule has 4 rings (SSSR count). The van der Waals surface area contributed by atoms with Crippen LogP contribution in [0.15, 0.2) is 60.7 Å². The number of rotatable bonds is 4. The number of primary amides is 1. The number of nitrogens with two attached hydrogens (primary N) is 1. The Labute approximate surface area is 157 Å². The van der Waals surface area contributed by atoms with Gasteiger partial charge in [0, 0.05) is 33.4 Å². The molecule has 0 bridgehead atoms. The molecule has 3 nitrogen and oxygen atoms in total. The van der Waals surface area contributed by atoms with Gasteiger partial charge in [0.1, 0.15) is 0 Å². The number of carbonyl (C=O) groups excluding carboxylic acids is 1. The van der Waals surface area contributed by atoms with Gasteiger partial charge in [-0.3, -0.25) is 4.79 Å². The lowest BCUT2D eigenvalue weighted by Crippen LogP contribution is -2.11. The molecule has 0 unspecified atom stereocenters. The minimum absolute atomic E-state index is 0.402. The third-order valence-corrected chi connectivity index (χ3v) is 5.14. The first-order valence-corrected chi connectivity index (χ1v) is 9.04. The Kier molecular flexibility index (Phi) is 4.17. The molecule has 4 heteroatoms. The molecule has 0 fully saturated rings. The van der Waals surface area contributed by atoms with Crippen LogP contribution in [0.4, 0.5) is 0 Å². The van der Waals surface area contributed by atoms with E-state index >= 15 is 0 Å². The highest BCUT2D eigenvalue weighted by molar-refractivity contribution is 6.30. The van der Waals surface area contributed by atoms with E-state index in [1.165, 1.54) is 5.56 Å². The quantitative estimate of drug-likeness (QED) is 0.535. The molecule has 4 aromatic rings. The van der Waals surface area contributed by atoms with Gasteiger partial charge >= 0.3 is 0 Å². The Morgan fingerprint density at radius 2 is 1.73 bits per heavy atom. The maximum atomic E-state index is 12.0. The molecule has 0 atom stereocenters. The molecule has 0 saturated heterocycles. The zero-order valence-corrected chi connectivity index (χ0v) is 15.3. The summed E-state index contributed by atoms with van der Waals surface area (Å²) in [6, 6.07) is 20.0. The topological polar surface area (TPSA) is 48.0 Å². The predicted octanol–water partition coefficient (Wildman–Crippen LogP) is 5.16. The molecule has 0 aliphatic carbocycles. The van der Waals surface area contributed by atoms with Gasteiger partial charge < -0.3 is 10.3 Å². The normalized spacial score (nSPS) is 11.3. The molecule has 0 aliphatic rings. The second-order valence-electron chi connectivity index (χ2n) is 6.48. The molecule has 130 valence electrons. The largest absolute Gasteiger partial charge is 0.366 e. The summed E-state index contributed by atoms with van der Waals surface area (Å²) >= 11 is 6.02. The van der Waals surface area contributed by atoms with E-state index in [1.54, 1.807) is 6.07 Å². The van der Waals surface area contributed by atoms with Crippen LogP contribution in [0.1, 0.15) is 28.4 Å². The fourth-order valence-electron chi connectivity index (χ4n) is 3.56. The van der Waals surface area contributed by atoms with Crippen molar-refractivity contribution in [3.8, 4) is 0 Å². The number of halogens is 1. The molecule has 0 aliphatic heterocycles. The summed E-state index contributed by atoms with van der Waals surface area (Å²) < 4.78 is 2.25. The van der Waals surface area contributed by atoms with E-state index in [-0.39, 0.29) is 0 Å². The minimum atomic E-state index is -0.402. The molecule has 0 spiro atoms. The van der Waals surface area contributed by atoms with E-state index in [0.29, 0.717) is 12.1 Å². The highest BCUT2D eigenvalue weighted by atomic mass is 35.5. The number of aromatic nitrogens is 1. The first kappa shape index (κ1) is 16.7. The summed E-state index contributed by atoms with van der Waals surface area (Å²) in [5, 5.41) is 2.70. The zero-order valence-electron chi connectivity index (χ0n) is 14.5. The summed E-state index contributed by atoms with van der Waals surface area (Å²) in [5.74, 6) is -0.402. The van der Waals surface area contributed by atoms with Gasteiger partial charge in [-0.1, -0.05) is 48.9 Å². The molecular weight excluding hydrogens is 344 g/mol. The van der Waals surface area contributed by atoms with E-state index < -0.39 is 5.91 Å². The Balaban J connectivity index is 2.03. The molecule has 0 radical (unpaired) electrons. The number of nitrogens with zero attached hydrogens (tertiary/aromatic N) is 1. The molecule has 0 saturated carbocycles. The van der Waals surface area contributed by atoms with Gasteiger partial charge in [0.15, 0.2) is 0 Å². The summed E-state index contributed by atoms with van der Waals surface area (Å²) in [4.78, 5) is 12.0. The van der Waals surface area contributed by atoms with Crippen LogP contribution in [-0.4, -0.2) is 10.5 Å². The number of hydrogen-bond acceptors (Lipinski definition) is 1. The van der Waals surface area contributed by atoms with Crippen molar-refractivity contribution in [3.63, 3.8) is 0 Å². The fraction of sp³-hybridized carbons (Fsp3) is 0.136. The Bertz CT molecular complexity index is 1130. The van der Waals surface area contributed by atoms with Crippen LogP contribution in [0, 0.1) is 0 Å². The van der Waals surface area contributed by atoms with Crippen molar-refractivity contribution in [1.82, 2.24) is 4.57 Å². The fourth-order valence-corrected chi connectivity index (χ4v) is 3.68. The lowest BCUT2D eigenvalue weighted by atomic mass is 10.0. The molecule has 1 amide bonds. The van der Waals surface area contributed by atoms with Gasteiger partial charge in [-0.2, -0.15) is 0 Å². The number of benzene rings is 3. The SMILES string of the molecule is CCc1ccc2c3c(C(N)=O)cccc3n(Cc3ccc(Cl)cc3)c2c1. The lowest BCUT2D eigenvalue weighted by Gasteiger charge is -2.09. The summed E-state index contributed by atoms with van der Waals surface area (Å²) in [7, 11) is 0. The number of amides is 1. The van der Waals surface area contributed by atoms with Crippen LogP contribution >= 0.6 is 11.6 Å². The van der Waals surface area contributed by atoms with E-state index in [0.717, 1.165) is 38.8 Å². The van der Waals surface area contributed by atoms with Crippen molar-refractivity contribution < 1.29 is 4.79 Å². The first-order valence-electron chi connectivity index (χ1n) is 8.66. The molecular formula is C22H19ClN2O. The second kappa shape index (κ2) is 6.50. The van der Waals surface area contributed by atoms with E-state index in [1.807, 2.05) is 36.4 Å². The highest BCUT2D eigenvalue weighted by Crippen LogP contribution is 2.33. The number of carbonyl (C=O) groups is 1. The zero-order chi connectivity index (χ0) is 18.3. The van der Waals surface area contributed by atoms with Gasteiger partial charge in [0.05, 0.1) is 5.52 Å². The molecule has 2 N–H and O–H groups in total. The third kappa shape index (κ3) is 2.74. The van der Waals surface area contributed by atoms with Crippen molar-refractivity contribution in [2.75, 3.05) is 0 Å². The van der Waals surface area contributed by atoms with Crippen LogP contribution in [0.25, 0.3) is 21.8 Å². The minimum Gasteiger partial charge on any atom is -0.366 e. The van der Waals surface area contributed by atoms with Gasteiger partial charge in [-0.15, -0.1) is 0 Å². The van der Waals surface area contributed by atoms with Crippen molar-refractivity contribution in [2.45, 2.75) is 19.9 Å². The van der Waals surface area contributed by atoms with E-state index in [4.69, 9.17) is 17.3 Å². The Morgan fingerprint density at radius 3 is 2.42 bits per heavy atom. The van der Waals surface area contributed by atoms with Gasteiger partial charge in [0.2, 0.25) is 5.91 Å². The maximum absolute atomic E-state index is 12.0.